The zero-order chi connectivity index (χ0) is 25.5. The van der Waals surface area contributed by atoms with Crippen molar-refractivity contribution in [2.45, 2.75) is 25.4 Å². The Morgan fingerprint density at radius 1 is 1.06 bits per heavy atom. The van der Waals surface area contributed by atoms with Gasteiger partial charge < -0.3 is 20.8 Å². The molecule has 1 aliphatic heterocycles. The van der Waals surface area contributed by atoms with Crippen LogP contribution >= 0.6 is 23.2 Å². The summed E-state index contributed by atoms with van der Waals surface area (Å²) in [5.41, 5.74) is 7.73. The molecule has 0 spiro atoms. The number of nitrogens with two attached hydrogens (primary N) is 1. The van der Waals surface area contributed by atoms with Crippen molar-refractivity contribution in [2.75, 3.05) is 44.6 Å². The first-order valence-electron chi connectivity index (χ1n) is 11.9. The lowest BCUT2D eigenvalue weighted by atomic mass is 10.1. The molecule has 2 heterocycles. The third kappa shape index (κ3) is 7.57. The van der Waals surface area contributed by atoms with Gasteiger partial charge in [0.05, 0.1) is 16.6 Å². The number of hydrogen-bond donors (Lipinski definition) is 3. The molecule has 2 aromatic carbocycles. The van der Waals surface area contributed by atoms with Crippen LogP contribution < -0.4 is 16.4 Å². The predicted molar refractivity (Wildman–Crippen MR) is 141 cm³/mol. The van der Waals surface area contributed by atoms with Gasteiger partial charge in [0.2, 0.25) is 11.8 Å². The average Bonchev–Trinajstić information content (AvgIpc) is 3.27. The molecule has 1 unspecified atom stereocenters. The number of hydrogen-bond acceptors (Lipinski definition) is 7. The molecule has 0 radical (unpaired) electrons. The Balaban J connectivity index is 1.33. The van der Waals surface area contributed by atoms with Crippen LogP contribution in [-0.4, -0.2) is 71.9 Å². The van der Waals surface area contributed by atoms with Crippen LogP contribution in [0.5, 0.6) is 0 Å². The second-order valence-corrected chi connectivity index (χ2v) is 9.75. The number of anilines is 1. The number of carbonyl (C=O) groups excluding carboxylic acids is 2. The number of nitrogens with one attached hydrogen (secondary N) is 2. The van der Waals surface area contributed by atoms with Crippen LogP contribution in [0.1, 0.15) is 18.4 Å². The molecule has 0 aliphatic carbocycles. The number of piperazine rings is 1. The molecule has 0 saturated carbocycles. The third-order valence-electron chi connectivity index (χ3n) is 6.13. The molecule has 1 aromatic heterocycles. The van der Waals surface area contributed by atoms with Crippen LogP contribution in [0.25, 0.3) is 11.1 Å². The lowest BCUT2D eigenvalue weighted by Gasteiger charge is -2.36. The Morgan fingerprint density at radius 2 is 1.81 bits per heavy atom. The van der Waals surface area contributed by atoms with Gasteiger partial charge in [-0.15, -0.1) is 0 Å². The quantitative estimate of drug-likeness (QED) is 0.347. The number of primary amides is 1. The van der Waals surface area contributed by atoms with Crippen molar-refractivity contribution in [1.82, 2.24) is 20.1 Å². The molecular formula is C25H30Cl2N6O3. The van der Waals surface area contributed by atoms with Gasteiger partial charge in [0.25, 0.3) is 6.01 Å². The molecule has 0 bridgehead atoms. The van der Waals surface area contributed by atoms with Crippen molar-refractivity contribution in [3.05, 3.63) is 58.1 Å². The monoisotopic (exact) mass is 532 g/mol. The molecule has 1 aliphatic rings. The maximum atomic E-state index is 12.2. The number of halogens is 2. The first-order valence-corrected chi connectivity index (χ1v) is 12.7. The van der Waals surface area contributed by atoms with Crippen LogP contribution in [0.15, 0.2) is 46.9 Å². The highest BCUT2D eigenvalue weighted by Crippen LogP contribution is 2.24. The molecule has 1 saturated heterocycles. The van der Waals surface area contributed by atoms with Gasteiger partial charge in [0.15, 0.2) is 5.58 Å². The summed E-state index contributed by atoms with van der Waals surface area (Å²) in [5.74, 6) is -0.784. The topological polar surface area (TPSA) is 117 Å². The van der Waals surface area contributed by atoms with Gasteiger partial charge in [-0.25, -0.2) is 0 Å². The van der Waals surface area contributed by atoms with E-state index < -0.39 is 5.91 Å². The Kier molecular flexibility index (Phi) is 9.03. The minimum absolute atomic E-state index is 0.0704. The number of amides is 2. The first-order chi connectivity index (χ1) is 17.4. The van der Waals surface area contributed by atoms with Crippen molar-refractivity contribution in [3.63, 3.8) is 0 Å². The van der Waals surface area contributed by atoms with E-state index in [9.17, 15) is 9.59 Å². The molecule has 11 heteroatoms. The normalized spacial score (nSPS) is 15.6. The fourth-order valence-electron chi connectivity index (χ4n) is 4.23. The van der Waals surface area contributed by atoms with Gasteiger partial charge in [-0.05, 0) is 36.2 Å². The Labute approximate surface area is 219 Å². The average molecular weight is 533 g/mol. The standard InChI is InChI=1S/C25H30Cl2N6O3/c26-19-7-5-17(13-20(19)27)15-32-9-11-33(12-10-32)16-18(6-8-24(35)29-14-23(28)34)30-25-31-21-3-1-2-4-22(21)36-25/h1-5,7,13,18H,6,8-12,14-16H2,(H2,28,34)(H,29,35)(H,30,31). The van der Waals surface area contributed by atoms with Gasteiger partial charge in [-0.1, -0.05) is 41.4 Å². The highest BCUT2D eigenvalue weighted by Gasteiger charge is 2.22. The van der Waals surface area contributed by atoms with E-state index in [1.54, 1.807) is 0 Å². The summed E-state index contributed by atoms with van der Waals surface area (Å²) in [5, 5.41) is 7.04. The lowest BCUT2D eigenvalue weighted by molar-refractivity contribution is -0.124. The summed E-state index contributed by atoms with van der Waals surface area (Å²) in [7, 11) is 0. The van der Waals surface area contributed by atoms with Crippen molar-refractivity contribution in [2.24, 2.45) is 5.73 Å². The summed E-state index contributed by atoms with van der Waals surface area (Å²) in [4.78, 5) is 32.4. The number of para-hydroxylation sites is 2. The number of aromatic nitrogens is 1. The number of rotatable bonds is 11. The van der Waals surface area contributed by atoms with E-state index in [0.29, 0.717) is 28.1 Å². The van der Waals surface area contributed by atoms with E-state index in [1.165, 1.54) is 0 Å². The number of carbonyl (C=O) groups is 2. The molecule has 9 nitrogen and oxygen atoms in total. The van der Waals surface area contributed by atoms with Crippen molar-refractivity contribution in [1.29, 1.82) is 0 Å². The zero-order valence-corrected chi connectivity index (χ0v) is 21.4. The van der Waals surface area contributed by atoms with Crippen LogP contribution in [0.2, 0.25) is 10.0 Å². The zero-order valence-electron chi connectivity index (χ0n) is 19.9. The lowest BCUT2D eigenvalue weighted by Crippen LogP contribution is -2.49. The minimum Gasteiger partial charge on any atom is -0.424 e. The van der Waals surface area contributed by atoms with Crippen LogP contribution in [0.3, 0.4) is 0 Å². The molecule has 36 heavy (non-hydrogen) atoms. The summed E-state index contributed by atoms with van der Waals surface area (Å²) in [6.07, 6.45) is 0.801. The van der Waals surface area contributed by atoms with E-state index in [0.717, 1.165) is 50.3 Å². The van der Waals surface area contributed by atoms with Gasteiger partial charge in [0, 0.05) is 51.7 Å². The smallest absolute Gasteiger partial charge is 0.295 e. The highest BCUT2D eigenvalue weighted by molar-refractivity contribution is 6.42. The van der Waals surface area contributed by atoms with Crippen molar-refractivity contribution >= 4 is 52.1 Å². The summed E-state index contributed by atoms with van der Waals surface area (Å²) >= 11 is 12.2. The largest absolute Gasteiger partial charge is 0.424 e. The van der Waals surface area contributed by atoms with E-state index in [1.807, 2.05) is 42.5 Å². The predicted octanol–water partition coefficient (Wildman–Crippen LogP) is 3.11. The molecule has 4 rings (SSSR count). The van der Waals surface area contributed by atoms with Crippen LogP contribution in [-0.2, 0) is 16.1 Å². The Bertz CT molecular complexity index is 1160. The second-order valence-electron chi connectivity index (χ2n) is 8.93. The molecule has 1 fully saturated rings. The minimum atomic E-state index is -0.566. The maximum Gasteiger partial charge on any atom is 0.295 e. The van der Waals surface area contributed by atoms with Crippen LogP contribution in [0, 0.1) is 0 Å². The molecule has 192 valence electrons. The number of fused-ring (bicyclic) bond motifs is 1. The maximum absolute atomic E-state index is 12.2. The van der Waals surface area contributed by atoms with Gasteiger partial charge in [0.1, 0.15) is 5.52 Å². The fraction of sp³-hybridized carbons (Fsp3) is 0.400. The van der Waals surface area contributed by atoms with Crippen LogP contribution in [0.4, 0.5) is 6.01 Å². The van der Waals surface area contributed by atoms with Gasteiger partial charge in [-0.2, -0.15) is 4.98 Å². The number of benzene rings is 2. The molecule has 4 N–H and O–H groups in total. The second kappa shape index (κ2) is 12.4. The van der Waals surface area contributed by atoms with Crippen molar-refractivity contribution < 1.29 is 14.0 Å². The van der Waals surface area contributed by atoms with E-state index in [4.69, 9.17) is 33.4 Å². The van der Waals surface area contributed by atoms with E-state index >= 15 is 0 Å². The summed E-state index contributed by atoms with van der Waals surface area (Å²) in [6, 6.07) is 13.7. The Hall–Kier alpha value is -2.85. The number of nitrogens with zero attached hydrogens (tertiary/aromatic N) is 3. The molecule has 1 atom stereocenters. The van der Waals surface area contributed by atoms with E-state index in [-0.39, 0.29) is 24.9 Å². The Morgan fingerprint density at radius 3 is 2.53 bits per heavy atom. The van der Waals surface area contributed by atoms with E-state index in [2.05, 4.69) is 25.4 Å². The van der Waals surface area contributed by atoms with Gasteiger partial charge >= 0.3 is 0 Å². The third-order valence-corrected chi connectivity index (χ3v) is 6.87. The molecule has 3 aromatic rings. The summed E-state index contributed by atoms with van der Waals surface area (Å²) in [6.45, 7) is 4.98. The van der Waals surface area contributed by atoms with Crippen molar-refractivity contribution in [3.8, 4) is 0 Å². The van der Waals surface area contributed by atoms with Gasteiger partial charge in [-0.3, -0.25) is 19.4 Å². The summed E-state index contributed by atoms with van der Waals surface area (Å²) < 4.78 is 5.84. The first kappa shape index (κ1) is 26.2. The molecule has 2 amide bonds. The highest BCUT2D eigenvalue weighted by atomic mass is 35.5. The fourth-order valence-corrected chi connectivity index (χ4v) is 4.56. The number of oxazole rings is 1. The SMILES string of the molecule is NC(=O)CNC(=O)CCC(CN1CCN(Cc2ccc(Cl)c(Cl)c2)CC1)Nc1nc2ccccc2o1. The molecular weight excluding hydrogens is 503 g/mol.